The molecule has 0 unspecified atom stereocenters. The zero-order chi connectivity index (χ0) is 16.2. The maximum absolute atomic E-state index is 4.55. The summed E-state index contributed by atoms with van der Waals surface area (Å²) in [5, 5.41) is 0. The minimum Gasteiger partial charge on any atom is -0.255 e. The van der Waals surface area contributed by atoms with Crippen molar-refractivity contribution in [2.75, 3.05) is 0 Å². The van der Waals surface area contributed by atoms with E-state index in [9.17, 15) is 0 Å². The van der Waals surface area contributed by atoms with E-state index >= 15 is 0 Å². The second-order valence-electron chi connectivity index (χ2n) is 5.46. The van der Waals surface area contributed by atoms with Gasteiger partial charge in [0.15, 0.2) is 5.82 Å². The first kappa shape index (κ1) is 14.3. The Kier molecular flexibility index (Phi) is 3.82. The third-order valence-corrected chi connectivity index (χ3v) is 3.85. The molecule has 0 aliphatic carbocycles. The molecule has 4 aromatic rings. The summed E-state index contributed by atoms with van der Waals surface area (Å²) in [6.45, 7) is 0. The number of rotatable bonds is 3. The van der Waals surface area contributed by atoms with E-state index in [1.165, 1.54) is 0 Å². The van der Waals surface area contributed by atoms with E-state index in [2.05, 4.69) is 33.2 Å². The normalized spacial score (nSPS) is 10.5. The van der Waals surface area contributed by atoms with Crippen LogP contribution in [0.25, 0.3) is 33.8 Å². The van der Waals surface area contributed by atoms with Gasteiger partial charge in [-0.2, -0.15) is 0 Å². The molecule has 0 saturated carbocycles. The molecule has 2 aromatic heterocycles. The van der Waals surface area contributed by atoms with Crippen LogP contribution in [-0.4, -0.2) is 15.0 Å². The first-order valence-electron chi connectivity index (χ1n) is 7.79. The molecule has 0 spiro atoms. The predicted octanol–water partition coefficient (Wildman–Crippen LogP) is 4.87. The molecular weight excluding hydrogens is 294 g/mol. The minimum atomic E-state index is 0.722. The summed E-state index contributed by atoms with van der Waals surface area (Å²) in [6, 6.07) is 24.2. The van der Waals surface area contributed by atoms with Crippen molar-refractivity contribution in [3.05, 3.63) is 91.4 Å². The van der Waals surface area contributed by atoms with Gasteiger partial charge < -0.3 is 0 Å². The highest BCUT2D eigenvalue weighted by atomic mass is 14.9. The van der Waals surface area contributed by atoms with Gasteiger partial charge in [0, 0.05) is 35.3 Å². The average molecular weight is 309 g/mol. The van der Waals surface area contributed by atoms with Crippen molar-refractivity contribution in [1.82, 2.24) is 15.0 Å². The second-order valence-corrected chi connectivity index (χ2v) is 5.46. The fraction of sp³-hybridized carbons (Fsp3) is 0. The Morgan fingerprint density at radius 3 is 1.58 bits per heavy atom. The van der Waals surface area contributed by atoms with Crippen LogP contribution in [-0.2, 0) is 0 Å². The molecule has 0 N–H and O–H groups in total. The van der Waals surface area contributed by atoms with Gasteiger partial charge in [-0.3, -0.25) is 4.98 Å². The lowest BCUT2D eigenvalue weighted by Crippen LogP contribution is -1.91. The Labute approximate surface area is 140 Å². The van der Waals surface area contributed by atoms with Crippen molar-refractivity contribution in [2.24, 2.45) is 0 Å². The van der Waals surface area contributed by atoms with E-state index in [4.69, 9.17) is 0 Å². The van der Waals surface area contributed by atoms with Crippen LogP contribution in [0.2, 0.25) is 0 Å². The van der Waals surface area contributed by atoms with Crippen molar-refractivity contribution >= 4 is 0 Å². The van der Waals surface area contributed by atoms with Crippen molar-refractivity contribution < 1.29 is 0 Å². The third kappa shape index (κ3) is 2.92. The molecule has 114 valence electrons. The molecule has 0 saturated heterocycles. The second kappa shape index (κ2) is 6.42. The van der Waals surface area contributed by atoms with Crippen LogP contribution in [0.3, 0.4) is 0 Å². The topological polar surface area (TPSA) is 38.7 Å². The molecule has 0 bridgehead atoms. The van der Waals surface area contributed by atoms with Crippen LogP contribution in [0.15, 0.2) is 91.4 Å². The molecule has 0 amide bonds. The van der Waals surface area contributed by atoms with E-state index in [0.29, 0.717) is 0 Å². The Balaban J connectivity index is 1.60. The lowest BCUT2D eigenvalue weighted by Gasteiger charge is -2.05. The monoisotopic (exact) mass is 309 g/mol. The van der Waals surface area contributed by atoms with Crippen molar-refractivity contribution in [1.29, 1.82) is 0 Å². The number of nitrogens with zero attached hydrogens (tertiary/aromatic N) is 3. The minimum absolute atomic E-state index is 0.722. The fourth-order valence-electron chi connectivity index (χ4n) is 2.56. The molecule has 0 radical (unpaired) electrons. The maximum atomic E-state index is 4.55. The number of aromatic nitrogens is 3. The smallest absolute Gasteiger partial charge is 0.159 e. The van der Waals surface area contributed by atoms with Gasteiger partial charge in [0.05, 0.1) is 5.69 Å². The first-order chi connectivity index (χ1) is 11.9. The SMILES string of the molecule is c1ccc(-c2ccc(-c3cnc(-c4ccccc4)nc3)nc2)cc1. The van der Waals surface area contributed by atoms with Gasteiger partial charge in [0.1, 0.15) is 0 Å². The van der Waals surface area contributed by atoms with Crippen LogP contribution in [0.5, 0.6) is 0 Å². The summed E-state index contributed by atoms with van der Waals surface area (Å²) in [5.74, 6) is 0.722. The molecule has 0 atom stereocenters. The molecule has 24 heavy (non-hydrogen) atoms. The van der Waals surface area contributed by atoms with E-state index in [1.807, 2.05) is 73.2 Å². The molecule has 0 fully saturated rings. The number of benzene rings is 2. The third-order valence-electron chi connectivity index (χ3n) is 3.85. The van der Waals surface area contributed by atoms with Crippen molar-refractivity contribution in [2.45, 2.75) is 0 Å². The highest BCUT2D eigenvalue weighted by Gasteiger charge is 2.04. The predicted molar refractivity (Wildman–Crippen MR) is 96.1 cm³/mol. The molecule has 3 heteroatoms. The lowest BCUT2D eigenvalue weighted by molar-refractivity contribution is 1.17. The summed E-state index contributed by atoms with van der Waals surface area (Å²) in [6.07, 6.45) is 5.52. The molecule has 0 aliphatic rings. The van der Waals surface area contributed by atoms with E-state index < -0.39 is 0 Å². The van der Waals surface area contributed by atoms with Gasteiger partial charge in [-0.05, 0) is 11.6 Å². The van der Waals surface area contributed by atoms with Gasteiger partial charge in [-0.25, -0.2) is 9.97 Å². The molecule has 3 nitrogen and oxygen atoms in total. The van der Waals surface area contributed by atoms with Gasteiger partial charge in [-0.15, -0.1) is 0 Å². The molecule has 0 aliphatic heterocycles. The molecule has 4 rings (SSSR count). The van der Waals surface area contributed by atoms with Gasteiger partial charge in [0.2, 0.25) is 0 Å². The first-order valence-corrected chi connectivity index (χ1v) is 7.79. The van der Waals surface area contributed by atoms with Crippen LogP contribution in [0.4, 0.5) is 0 Å². The van der Waals surface area contributed by atoms with E-state index in [0.717, 1.165) is 33.8 Å². The van der Waals surface area contributed by atoms with Crippen LogP contribution in [0, 0.1) is 0 Å². The van der Waals surface area contributed by atoms with Crippen molar-refractivity contribution in [3.63, 3.8) is 0 Å². The summed E-state index contributed by atoms with van der Waals surface area (Å²) in [5.41, 5.74) is 5.05. The van der Waals surface area contributed by atoms with E-state index in [-0.39, 0.29) is 0 Å². The Bertz CT molecular complexity index is 835. The molecule has 2 aromatic carbocycles. The van der Waals surface area contributed by atoms with Gasteiger partial charge in [-0.1, -0.05) is 66.7 Å². The Morgan fingerprint density at radius 1 is 0.417 bits per heavy atom. The Hall–Kier alpha value is -3.33. The van der Waals surface area contributed by atoms with Gasteiger partial charge in [0.25, 0.3) is 0 Å². The summed E-state index contributed by atoms with van der Waals surface area (Å²) < 4.78 is 0. The quantitative estimate of drug-likeness (QED) is 0.542. The molecule has 2 heterocycles. The maximum Gasteiger partial charge on any atom is 0.159 e. The van der Waals surface area contributed by atoms with Crippen LogP contribution in [0.1, 0.15) is 0 Å². The summed E-state index contributed by atoms with van der Waals surface area (Å²) in [4.78, 5) is 13.5. The largest absolute Gasteiger partial charge is 0.255 e. The zero-order valence-corrected chi connectivity index (χ0v) is 13.0. The number of hydrogen-bond donors (Lipinski definition) is 0. The zero-order valence-electron chi connectivity index (χ0n) is 13.0. The highest BCUT2D eigenvalue weighted by Crippen LogP contribution is 2.22. The van der Waals surface area contributed by atoms with Crippen LogP contribution >= 0.6 is 0 Å². The van der Waals surface area contributed by atoms with Gasteiger partial charge >= 0.3 is 0 Å². The van der Waals surface area contributed by atoms with Crippen molar-refractivity contribution in [3.8, 4) is 33.8 Å². The lowest BCUT2D eigenvalue weighted by atomic mass is 10.1. The highest BCUT2D eigenvalue weighted by molar-refractivity contribution is 5.66. The number of pyridine rings is 1. The Morgan fingerprint density at radius 2 is 1.00 bits per heavy atom. The average Bonchev–Trinajstić information content (AvgIpc) is 2.70. The summed E-state index contributed by atoms with van der Waals surface area (Å²) in [7, 11) is 0. The number of hydrogen-bond acceptors (Lipinski definition) is 3. The fourth-order valence-corrected chi connectivity index (χ4v) is 2.56. The molecular formula is C21H15N3. The van der Waals surface area contributed by atoms with E-state index in [1.54, 1.807) is 0 Å². The standard InChI is InChI=1S/C21H15N3/c1-3-7-16(8-4-1)18-11-12-20(22-13-18)19-14-23-21(24-15-19)17-9-5-2-6-10-17/h1-15H. The van der Waals surface area contributed by atoms with Crippen LogP contribution < -0.4 is 0 Å². The summed E-state index contributed by atoms with van der Waals surface area (Å²) >= 11 is 0.